The van der Waals surface area contributed by atoms with Crippen molar-refractivity contribution in [1.29, 1.82) is 0 Å². The maximum atomic E-state index is 12.1. The lowest BCUT2D eigenvalue weighted by atomic mass is 9.93. The van der Waals surface area contributed by atoms with E-state index in [0.29, 0.717) is 0 Å². The third kappa shape index (κ3) is 1.71. The number of hydrogen-bond acceptors (Lipinski definition) is 1. The minimum atomic E-state index is -0.0846. The molecule has 2 aromatic carbocycles. The molecule has 3 nitrogen and oxygen atoms in total. The second-order valence-corrected chi connectivity index (χ2v) is 5.23. The van der Waals surface area contributed by atoms with Crippen LogP contribution < -0.4 is 5.32 Å². The quantitative estimate of drug-likeness (QED) is 0.730. The molecule has 4 rings (SSSR count). The van der Waals surface area contributed by atoms with Crippen molar-refractivity contribution in [3.05, 3.63) is 65.9 Å². The molecule has 0 saturated heterocycles. The molecule has 0 bridgehead atoms. The maximum absolute atomic E-state index is 12.1. The molecule has 3 heteroatoms. The summed E-state index contributed by atoms with van der Waals surface area (Å²) in [7, 11) is 0. The van der Waals surface area contributed by atoms with Gasteiger partial charge in [-0.25, -0.2) is 0 Å². The Morgan fingerprint density at radius 3 is 2.90 bits per heavy atom. The highest BCUT2D eigenvalue weighted by atomic mass is 16.2. The number of aromatic amines is 1. The number of carbonyl (C=O) groups is 1. The van der Waals surface area contributed by atoms with Crippen LogP contribution in [0.1, 0.15) is 17.0 Å². The number of fused-ring (bicyclic) bond motifs is 2. The van der Waals surface area contributed by atoms with Crippen LogP contribution in [0.15, 0.2) is 54.7 Å². The molecule has 1 amide bonds. The van der Waals surface area contributed by atoms with E-state index in [1.165, 1.54) is 10.9 Å². The van der Waals surface area contributed by atoms with E-state index in [9.17, 15) is 4.79 Å². The van der Waals surface area contributed by atoms with Gasteiger partial charge in [0, 0.05) is 17.4 Å². The third-order valence-corrected chi connectivity index (χ3v) is 3.97. The van der Waals surface area contributed by atoms with Crippen molar-refractivity contribution in [2.24, 2.45) is 0 Å². The van der Waals surface area contributed by atoms with Gasteiger partial charge < -0.3 is 10.3 Å². The first kappa shape index (κ1) is 11.3. The summed E-state index contributed by atoms with van der Waals surface area (Å²) >= 11 is 0. The molecule has 98 valence electrons. The fraction of sp³-hybridized carbons (Fsp3) is 0.118. The molecule has 0 aliphatic carbocycles. The zero-order valence-corrected chi connectivity index (χ0v) is 10.9. The van der Waals surface area contributed by atoms with Crippen molar-refractivity contribution >= 4 is 22.5 Å². The van der Waals surface area contributed by atoms with Crippen LogP contribution in [-0.2, 0) is 11.2 Å². The van der Waals surface area contributed by atoms with Crippen LogP contribution in [0.5, 0.6) is 0 Å². The zero-order valence-electron chi connectivity index (χ0n) is 10.9. The van der Waals surface area contributed by atoms with Crippen LogP contribution >= 0.6 is 0 Å². The SMILES string of the molecule is O=C1Nc2ccccc2[C@H]1Cc1ccc2cc[nH]c2c1. The lowest BCUT2D eigenvalue weighted by molar-refractivity contribution is -0.117. The fourth-order valence-corrected chi connectivity index (χ4v) is 2.94. The average molecular weight is 262 g/mol. The van der Waals surface area contributed by atoms with E-state index < -0.39 is 0 Å². The van der Waals surface area contributed by atoms with E-state index >= 15 is 0 Å². The molecule has 20 heavy (non-hydrogen) atoms. The molecular formula is C17H14N2O. The average Bonchev–Trinajstić information content (AvgIpc) is 3.04. The number of hydrogen-bond donors (Lipinski definition) is 2. The van der Waals surface area contributed by atoms with Crippen LogP contribution in [0.2, 0.25) is 0 Å². The van der Waals surface area contributed by atoms with Gasteiger partial charge in [0.05, 0.1) is 5.92 Å². The second kappa shape index (κ2) is 4.23. The molecule has 3 aromatic rings. The number of carbonyl (C=O) groups excluding carboxylic acids is 1. The topological polar surface area (TPSA) is 44.9 Å². The number of aromatic nitrogens is 1. The van der Waals surface area contributed by atoms with Crippen LogP contribution in [0.3, 0.4) is 0 Å². The Morgan fingerprint density at radius 2 is 1.95 bits per heavy atom. The van der Waals surface area contributed by atoms with E-state index in [2.05, 4.69) is 34.6 Å². The Kier molecular flexibility index (Phi) is 2.39. The lowest BCUT2D eigenvalue weighted by Gasteiger charge is -2.09. The van der Waals surface area contributed by atoms with E-state index in [1.807, 2.05) is 30.5 Å². The highest BCUT2D eigenvalue weighted by Crippen LogP contribution is 2.34. The summed E-state index contributed by atoms with van der Waals surface area (Å²) < 4.78 is 0. The molecule has 0 saturated carbocycles. The molecular weight excluding hydrogens is 248 g/mol. The number of rotatable bonds is 2. The molecule has 0 fully saturated rings. The fourth-order valence-electron chi connectivity index (χ4n) is 2.94. The van der Waals surface area contributed by atoms with Gasteiger partial charge in [-0.3, -0.25) is 4.79 Å². The summed E-state index contributed by atoms with van der Waals surface area (Å²) in [5.74, 6) is 0.0106. The summed E-state index contributed by atoms with van der Waals surface area (Å²) in [5, 5.41) is 4.15. The van der Waals surface area contributed by atoms with Crippen molar-refractivity contribution in [3.63, 3.8) is 0 Å². The predicted octanol–water partition coefficient (Wildman–Crippen LogP) is 3.45. The lowest BCUT2D eigenvalue weighted by Crippen LogP contribution is -2.14. The molecule has 2 heterocycles. The second-order valence-electron chi connectivity index (χ2n) is 5.23. The van der Waals surface area contributed by atoms with Gasteiger partial charge in [0.2, 0.25) is 5.91 Å². The monoisotopic (exact) mass is 262 g/mol. The summed E-state index contributed by atoms with van der Waals surface area (Å²) in [6.45, 7) is 0. The summed E-state index contributed by atoms with van der Waals surface area (Å²) in [6.07, 6.45) is 2.67. The van der Waals surface area contributed by atoms with Gasteiger partial charge in [0.1, 0.15) is 0 Å². The Morgan fingerprint density at radius 1 is 1.05 bits per heavy atom. The van der Waals surface area contributed by atoms with Crippen molar-refractivity contribution in [1.82, 2.24) is 4.98 Å². The van der Waals surface area contributed by atoms with E-state index in [1.54, 1.807) is 0 Å². The Hall–Kier alpha value is -2.55. The highest BCUT2D eigenvalue weighted by Gasteiger charge is 2.29. The molecule has 1 aliphatic heterocycles. The zero-order chi connectivity index (χ0) is 13.5. The van der Waals surface area contributed by atoms with E-state index in [0.717, 1.165) is 23.2 Å². The van der Waals surface area contributed by atoms with Crippen molar-refractivity contribution in [2.45, 2.75) is 12.3 Å². The smallest absolute Gasteiger partial charge is 0.232 e. The standard InChI is InChI=1S/C17H14N2O/c20-17-14(13-3-1-2-4-15(13)19-17)9-11-5-6-12-7-8-18-16(12)10-11/h1-8,10,14,18H,9H2,(H,19,20)/t14-/m1/s1. The van der Waals surface area contributed by atoms with Crippen LogP contribution in [0, 0.1) is 0 Å². The summed E-state index contributed by atoms with van der Waals surface area (Å²) in [4.78, 5) is 15.3. The van der Waals surface area contributed by atoms with Crippen LogP contribution in [0.4, 0.5) is 5.69 Å². The van der Waals surface area contributed by atoms with Gasteiger partial charge in [0.15, 0.2) is 0 Å². The molecule has 0 unspecified atom stereocenters. The van der Waals surface area contributed by atoms with Gasteiger partial charge in [-0.05, 0) is 41.1 Å². The molecule has 2 N–H and O–H groups in total. The van der Waals surface area contributed by atoms with Gasteiger partial charge in [-0.2, -0.15) is 0 Å². The first-order chi connectivity index (χ1) is 9.81. The first-order valence-electron chi connectivity index (χ1n) is 6.77. The molecule has 0 radical (unpaired) electrons. The molecule has 1 aliphatic rings. The number of benzene rings is 2. The Bertz CT molecular complexity index is 803. The minimum Gasteiger partial charge on any atom is -0.361 e. The number of nitrogens with one attached hydrogen (secondary N) is 2. The first-order valence-corrected chi connectivity index (χ1v) is 6.77. The van der Waals surface area contributed by atoms with Crippen molar-refractivity contribution in [3.8, 4) is 0 Å². The van der Waals surface area contributed by atoms with Gasteiger partial charge in [-0.15, -0.1) is 0 Å². The van der Waals surface area contributed by atoms with Crippen LogP contribution in [-0.4, -0.2) is 10.9 Å². The maximum Gasteiger partial charge on any atom is 0.232 e. The van der Waals surface area contributed by atoms with Crippen LogP contribution in [0.25, 0.3) is 10.9 Å². The van der Waals surface area contributed by atoms with Crippen molar-refractivity contribution < 1.29 is 4.79 Å². The Balaban J connectivity index is 1.70. The normalized spacial score (nSPS) is 17.2. The number of para-hydroxylation sites is 1. The summed E-state index contributed by atoms with van der Waals surface area (Å²) in [6, 6.07) is 16.3. The van der Waals surface area contributed by atoms with Crippen molar-refractivity contribution in [2.75, 3.05) is 5.32 Å². The number of H-pyrrole nitrogens is 1. The van der Waals surface area contributed by atoms with Gasteiger partial charge in [0.25, 0.3) is 0 Å². The predicted molar refractivity (Wildman–Crippen MR) is 79.8 cm³/mol. The molecule has 0 spiro atoms. The Labute approximate surface area is 116 Å². The van der Waals surface area contributed by atoms with E-state index in [4.69, 9.17) is 0 Å². The molecule has 1 atom stereocenters. The minimum absolute atomic E-state index is 0.0846. The number of amides is 1. The number of anilines is 1. The van der Waals surface area contributed by atoms with E-state index in [-0.39, 0.29) is 11.8 Å². The third-order valence-electron chi connectivity index (χ3n) is 3.97. The molecule has 1 aromatic heterocycles. The summed E-state index contributed by atoms with van der Waals surface area (Å²) in [5.41, 5.74) is 4.35. The largest absolute Gasteiger partial charge is 0.361 e. The van der Waals surface area contributed by atoms with Gasteiger partial charge in [-0.1, -0.05) is 30.3 Å². The highest BCUT2D eigenvalue weighted by molar-refractivity contribution is 6.03. The van der Waals surface area contributed by atoms with Gasteiger partial charge >= 0.3 is 0 Å².